The van der Waals surface area contributed by atoms with Crippen LogP contribution < -0.4 is 10.0 Å². The molecule has 0 saturated heterocycles. The van der Waals surface area contributed by atoms with Gasteiger partial charge in [0.15, 0.2) is 11.5 Å². The number of H-pyrrole nitrogens is 1. The molecule has 4 heterocycles. The number of anilines is 2. The first-order valence-electron chi connectivity index (χ1n) is 9.19. The molecule has 11 heteroatoms. The van der Waals surface area contributed by atoms with Gasteiger partial charge in [0.05, 0.1) is 23.1 Å². The number of sulfonamides is 1. The standard InChI is InChI=1S/C18H19N7O2S2/c1-11-6-15(28-18(11)29(26,27)23-7-12-2-3-12)24-16-17-20-10-14(13-8-21-22-9-13)25(17)5-4-19-16/h4-6,8-10,12,23H,2-3,7H2,1H3,(H,19,24)(H,21,22). The minimum atomic E-state index is -3.51. The molecule has 4 aromatic rings. The van der Waals surface area contributed by atoms with Crippen molar-refractivity contribution in [3.05, 3.63) is 42.6 Å². The lowest BCUT2D eigenvalue weighted by molar-refractivity contribution is 0.579. The van der Waals surface area contributed by atoms with Gasteiger partial charge in [-0.3, -0.25) is 9.50 Å². The van der Waals surface area contributed by atoms with Gasteiger partial charge in [0.2, 0.25) is 10.0 Å². The Morgan fingerprint density at radius 2 is 2.17 bits per heavy atom. The summed E-state index contributed by atoms with van der Waals surface area (Å²) in [7, 11) is -3.51. The van der Waals surface area contributed by atoms with Crippen LogP contribution in [0.15, 0.2) is 41.3 Å². The Kier molecular flexibility index (Phi) is 4.37. The molecule has 0 unspecified atom stereocenters. The SMILES string of the molecule is Cc1cc(Nc2nccn3c(-c4cn[nH]c4)cnc23)sc1S(=O)(=O)NCC1CC1. The summed E-state index contributed by atoms with van der Waals surface area (Å²) in [6, 6.07) is 1.82. The molecular formula is C18H19N7O2S2. The Hall–Kier alpha value is -2.76. The summed E-state index contributed by atoms with van der Waals surface area (Å²) in [4.78, 5) is 8.86. The number of imidazole rings is 1. The number of hydrogen-bond donors (Lipinski definition) is 3. The monoisotopic (exact) mass is 429 g/mol. The predicted molar refractivity (Wildman–Crippen MR) is 111 cm³/mol. The van der Waals surface area contributed by atoms with Crippen molar-refractivity contribution in [2.45, 2.75) is 24.0 Å². The molecule has 0 bridgehead atoms. The van der Waals surface area contributed by atoms with Gasteiger partial charge in [-0.1, -0.05) is 0 Å². The fourth-order valence-corrected chi connectivity index (χ4v) is 5.89. The number of rotatable bonds is 7. The number of aromatic amines is 1. The van der Waals surface area contributed by atoms with Gasteiger partial charge in [-0.15, -0.1) is 11.3 Å². The van der Waals surface area contributed by atoms with Crippen LogP contribution in [0.1, 0.15) is 18.4 Å². The van der Waals surface area contributed by atoms with E-state index in [9.17, 15) is 8.42 Å². The number of hydrogen-bond acceptors (Lipinski definition) is 7. The van der Waals surface area contributed by atoms with E-state index in [0.29, 0.717) is 38.7 Å². The Labute approximate surface area is 171 Å². The Balaban J connectivity index is 1.44. The third kappa shape index (κ3) is 3.52. The highest BCUT2D eigenvalue weighted by atomic mass is 32.2. The highest BCUT2D eigenvalue weighted by Crippen LogP contribution is 2.34. The summed E-state index contributed by atoms with van der Waals surface area (Å²) < 4.78 is 30.2. The Bertz CT molecular complexity index is 1270. The van der Waals surface area contributed by atoms with Gasteiger partial charge in [0.25, 0.3) is 0 Å². The van der Waals surface area contributed by atoms with E-state index in [1.54, 1.807) is 31.7 Å². The summed E-state index contributed by atoms with van der Waals surface area (Å²) in [5.41, 5.74) is 3.15. The van der Waals surface area contributed by atoms with Crippen LogP contribution >= 0.6 is 11.3 Å². The molecule has 0 atom stereocenters. The summed E-state index contributed by atoms with van der Waals surface area (Å²) in [6.07, 6.45) is 11.0. The largest absolute Gasteiger partial charge is 0.329 e. The molecule has 5 rings (SSSR count). The van der Waals surface area contributed by atoms with E-state index >= 15 is 0 Å². The van der Waals surface area contributed by atoms with E-state index in [0.717, 1.165) is 24.1 Å². The molecule has 150 valence electrons. The number of aryl methyl sites for hydroxylation is 1. The maximum Gasteiger partial charge on any atom is 0.250 e. The van der Waals surface area contributed by atoms with Crippen LogP contribution in [-0.4, -0.2) is 39.5 Å². The van der Waals surface area contributed by atoms with Crippen molar-refractivity contribution in [1.29, 1.82) is 0 Å². The first-order valence-corrected chi connectivity index (χ1v) is 11.5. The normalized spacial score (nSPS) is 14.5. The van der Waals surface area contributed by atoms with Gasteiger partial charge < -0.3 is 5.32 Å². The minimum absolute atomic E-state index is 0.329. The highest BCUT2D eigenvalue weighted by molar-refractivity contribution is 7.91. The lowest BCUT2D eigenvalue weighted by atomic mass is 10.3. The molecular weight excluding hydrogens is 410 g/mol. The quantitative estimate of drug-likeness (QED) is 0.416. The van der Waals surface area contributed by atoms with Crippen LogP contribution in [0.2, 0.25) is 0 Å². The second kappa shape index (κ2) is 6.94. The summed E-state index contributed by atoms with van der Waals surface area (Å²) in [6.45, 7) is 2.31. The fraction of sp³-hybridized carbons (Fsp3) is 0.278. The van der Waals surface area contributed by atoms with E-state index in [2.05, 4.69) is 30.2 Å². The molecule has 4 aromatic heterocycles. The molecule has 0 spiro atoms. The number of thiophene rings is 1. The summed E-state index contributed by atoms with van der Waals surface area (Å²) in [5, 5.41) is 10.7. The van der Waals surface area contributed by atoms with Crippen molar-refractivity contribution in [2.75, 3.05) is 11.9 Å². The molecule has 0 aliphatic heterocycles. The minimum Gasteiger partial charge on any atom is -0.329 e. The fourth-order valence-electron chi connectivity index (χ4n) is 3.14. The average molecular weight is 430 g/mol. The maximum atomic E-state index is 12.6. The number of fused-ring (bicyclic) bond motifs is 1. The lowest BCUT2D eigenvalue weighted by Crippen LogP contribution is -2.25. The third-order valence-electron chi connectivity index (χ3n) is 4.84. The molecule has 3 N–H and O–H groups in total. The molecule has 29 heavy (non-hydrogen) atoms. The maximum absolute atomic E-state index is 12.6. The van der Waals surface area contributed by atoms with Gasteiger partial charge in [0.1, 0.15) is 4.21 Å². The van der Waals surface area contributed by atoms with Gasteiger partial charge >= 0.3 is 0 Å². The van der Waals surface area contributed by atoms with E-state index in [-0.39, 0.29) is 0 Å². The van der Waals surface area contributed by atoms with E-state index in [4.69, 9.17) is 0 Å². The third-order valence-corrected chi connectivity index (χ3v) is 8.05. The van der Waals surface area contributed by atoms with Gasteiger partial charge in [-0.05, 0) is 37.3 Å². The first kappa shape index (κ1) is 18.3. The first-order chi connectivity index (χ1) is 14.0. The second-order valence-electron chi connectivity index (χ2n) is 7.10. The van der Waals surface area contributed by atoms with E-state index < -0.39 is 10.0 Å². The molecule has 0 aromatic carbocycles. The molecule has 9 nitrogen and oxygen atoms in total. The van der Waals surface area contributed by atoms with Crippen molar-refractivity contribution < 1.29 is 8.42 Å². The zero-order valence-electron chi connectivity index (χ0n) is 15.6. The summed E-state index contributed by atoms with van der Waals surface area (Å²) >= 11 is 1.19. The van der Waals surface area contributed by atoms with Crippen LogP contribution in [0.4, 0.5) is 10.8 Å². The molecule has 1 aliphatic carbocycles. The Morgan fingerprint density at radius 1 is 1.31 bits per heavy atom. The highest BCUT2D eigenvalue weighted by Gasteiger charge is 2.26. The van der Waals surface area contributed by atoms with Crippen molar-refractivity contribution in [2.24, 2.45) is 5.92 Å². The smallest absolute Gasteiger partial charge is 0.250 e. The van der Waals surface area contributed by atoms with Crippen LogP contribution in [0.5, 0.6) is 0 Å². The molecule has 1 fully saturated rings. The second-order valence-corrected chi connectivity index (χ2v) is 10.1. The van der Waals surface area contributed by atoms with Crippen LogP contribution in [-0.2, 0) is 10.0 Å². The molecule has 0 amide bonds. The average Bonchev–Trinajstić information content (AvgIpc) is 3.07. The van der Waals surface area contributed by atoms with Gasteiger partial charge in [0, 0.05) is 30.7 Å². The van der Waals surface area contributed by atoms with Gasteiger partial charge in [-0.25, -0.2) is 23.1 Å². The van der Waals surface area contributed by atoms with Crippen LogP contribution in [0.25, 0.3) is 16.9 Å². The number of nitrogens with one attached hydrogen (secondary N) is 3. The summed E-state index contributed by atoms with van der Waals surface area (Å²) in [5.74, 6) is 1.03. The zero-order valence-corrected chi connectivity index (χ0v) is 17.2. The predicted octanol–water partition coefficient (Wildman–Crippen LogP) is 2.92. The van der Waals surface area contributed by atoms with Crippen molar-refractivity contribution >= 4 is 37.8 Å². The van der Waals surface area contributed by atoms with Crippen molar-refractivity contribution in [3.63, 3.8) is 0 Å². The molecule has 1 aliphatic rings. The number of aromatic nitrogens is 5. The zero-order chi connectivity index (χ0) is 20.0. The van der Waals surface area contributed by atoms with Crippen molar-refractivity contribution in [1.82, 2.24) is 29.3 Å². The van der Waals surface area contributed by atoms with Crippen LogP contribution in [0, 0.1) is 12.8 Å². The lowest BCUT2D eigenvalue weighted by Gasteiger charge is -2.06. The molecule has 1 saturated carbocycles. The van der Waals surface area contributed by atoms with E-state index in [1.807, 2.05) is 16.7 Å². The number of nitrogens with zero attached hydrogens (tertiary/aromatic N) is 4. The van der Waals surface area contributed by atoms with Gasteiger partial charge in [-0.2, -0.15) is 5.10 Å². The topological polar surface area (TPSA) is 117 Å². The molecule has 0 radical (unpaired) electrons. The Morgan fingerprint density at radius 3 is 2.93 bits per heavy atom. The van der Waals surface area contributed by atoms with Crippen LogP contribution in [0.3, 0.4) is 0 Å². The van der Waals surface area contributed by atoms with E-state index in [1.165, 1.54) is 11.3 Å². The van der Waals surface area contributed by atoms with Crippen molar-refractivity contribution in [3.8, 4) is 11.3 Å².